The predicted octanol–water partition coefficient (Wildman–Crippen LogP) is 5.78. The average molecular weight is 310 g/mol. The monoisotopic (exact) mass is 309 g/mol. The van der Waals surface area contributed by atoms with Crippen molar-refractivity contribution in [1.29, 1.82) is 0 Å². The van der Waals surface area contributed by atoms with Crippen LogP contribution in [0.5, 0.6) is 0 Å². The van der Waals surface area contributed by atoms with Gasteiger partial charge in [-0.1, -0.05) is 53.6 Å². The second-order valence-electron chi connectivity index (χ2n) is 6.57. The topological polar surface area (TPSA) is 12.0 Å². The van der Waals surface area contributed by atoms with Crippen LogP contribution in [0.2, 0.25) is 5.02 Å². The summed E-state index contributed by atoms with van der Waals surface area (Å²) < 4.78 is 0. The zero-order valence-electron chi connectivity index (χ0n) is 12.9. The minimum Gasteiger partial charge on any atom is -0.377 e. The third kappa shape index (κ3) is 2.16. The molecule has 0 amide bonds. The summed E-state index contributed by atoms with van der Waals surface area (Å²) in [7, 11) is 0. The van der Waals surface area contributed by atoms with Gasteiger partial charge in [0.15, 0.2) is 0 Å². The highest BCUT2D eigenvalue weighted by Crippen LogP contribution is 2.51. The molecule has 4 rings (SSSR count). The van der Waals surface area contributed by atoms with Crippen molar-refractivity contribution < 1.29 is 0 Å². The summed E-state index contributed by atoms with van der Waals surface area (Å²) in [4.78, 5) is 0. The largest absolute Gasteiger partial charge is 0.377 e. The third-order valence-electron chi connectivity index (χ3n) is 5.07. The molecule has 0 unspecified atom stereocenters. The van der Waals surface area contributed by atoms with E-state index in [1.54, 1.807) is 0 Å². The molecule has 0 spiro atoms. The highest BCUT2D eigenvalue weighted by molar-refractivity contribution is 6.30. The summed E-state index contributed by atoms with van der Waals surface area (Å²) in [6, 6.07) is 13.5. The normalized spacial score (nSPS) is 25.5. The Labute approximate surface area is 137 Å². The Morgan fingerprint density at radius 3 is 2.64 bits per heavy atom. The van der Waals surface area contributed by atoms with E-state index in [4.69, 9.17) is 11.6 Å². The molecule has 0 aromatic heterocycles. The zero-order valence-corrected chi connectivity index (χ0v) is 13.7. The second kappa shape index (κ2) is 5.17. The van der Waals surface area contributed by atoms with Gasteiger partial charge in [0.2, 0.25) is 0 Å². The van der Waals surface area contributed by atoms with Crippen LogP contribution in [0, 0.1) is 19.8 Å². The summed E-state index contributed by atoms with van der Waals surface area (Å²) in [5.41, 5.74) is 6.54. The highest BCUT2D eigenvalue weighted by atomic mass is 35.5. The van der Waals surface area contributed by atoms with E-state index in [2.05, 4.69) is 67.7 Å². The SMILES string of the molecule is Cc1ccc([C@@H]2Nc3c(C)cc(Cl)cc3[C@H]3C=CC[C@H]32)cc1. The molecule has 2 heteroatoms. The molecular formula is C20H20ClN. The molecule has 1 aliphatic heterocycles. The van der Waals surface area contributed by atoms with Crippen molar-refractivity contribution in [3.8, 4) is 0 Å². The van der Waals surface area contributed by atoms with E-state index in [9.17, 15) is 0 Å². The lowest BCUT2D eigenvalue weighted by atomic mass is 9.76. The van der Waals surface area contributed by atoms with Crippen molar-refractivity contribution in [2.45, 2.75) is 32.2 Å². The van der Waals surface area contributed by atoms with Gasteiger partial charge in [-0.05, 0) is 55.0 Å². The molecule has 0 saturated carbocycles. The first-order valence-corrected chi connectivity index (χ1v) is 8.31. The van der Waals surface area contributed by atoms with Crippen molar-refractivity contribution >= 4 is 17.3 Å². The molecular weight excluding hydrogens is 290 g/mol. The fourth-order valence-electron chi connectivity index (χ4n) is 3.95. The van der Waals surface area contributed by atoms with E-state index >= 15 is 0 Å². The molecule has 1 nitrogen and oxygen atoms in total. The molecule has 2 aliphatic rings. The maximum atomic E-state index is 6.29. The Morgan fingerprint density at radius 2 is 1.86 bits per heavy atom. The van der Waals surface area contributed by atoms with Crippen LogP contribution in [0.25, 0.3) is 0 Å². The number of fused-ring (bicyclic) bond motifs is 3. The van der Waals surface area contributed by atoms with Crippen molar-refractivity contribution in [2.24, 2.45) is 5.92 Å². The Kier molecular flexibility index (Phi) is 3.27. The molecule has 112 valence electrons. The highest BCUT2D eigenvalue weighted by Gasteiger charge is 2.38. The van der Waals surface area contributed by atoms with Gasteiger partial charge in [0.1, 0.15) is 0 Å². The summed E-state index contributed by atoms with van der Waals surface area (Å²) >= 11 is 6.29. The summed E-state index contributed by atoms with van der Waals surface area (Å²) in [5, 5.41) is 4.64. The summed E-state index contributed by atoms with van der Waals surface area (Å²) in [6.07, 6.45) is 5.81. The Bertz CT molecular complexity index is 745. The molecule has 1 heterocycles. The lowest BCUT2D eigenvalue weighted by molar-refractivity contribution is 0.425. The minimum absolute atomic E-state index is 0.368. The van der Waals surface area contributed by atoms with E-state index in [0.717, 1.165) is 11.4 Å². The van der Waals surface area contributed by atoms with Crippen LogP contribution < -0.4 is 5.32 Å². The van der Waals surface area contributed by atoms with E-state index in [-0.39, 0.29) is 0 Å². The fourth-order valence-corrected chi connectivity index (χ4v) is 4.23. The van der Waals surface area contributed by atoms with Crippen LogP contribution in [-0.2, 0) is 0 Å². The van der Waals surface area contributed by atoms with Crippen molar-refractivity contribution in [2.75, 3.05) is 5.32 Å². The number of hydrogen-bond acceptors (Lipinski definition) is 1. The molecule has 0 fully saturated rings. The molecule has 0 bridgehead atoms. The lowest BCUT2D eigenvalue weighted by Gasteiger charge is -2.38. The number of hydrogen-bond donors (Lipinski definition) is 1. The first-order chi connectivity index (χ1) is 10.6. The van der Waals surface area contributed by atoms with Crippen LogP contribution >= 0.6 is 11.6 Å². The quantitative estimate of drug-likeness (QED) is 0.658. The van der Waals surface area contributed by atoms with E-state index in [1.807, 2.05) is 0 Å². The fraction of sp³-hybridized carbons (Fsp3) is 0.300. The van der Waals surface area contributed by atoms with Crippen LogP contribution in [0.15, 0.2) is 48.6 Å². The number of anilines is 1. The standard InChI is InChI=1S/C20H20ClN/c1-12-6-8-14(9-7-12)20-17-5-3-4-16(17)18-11-15(21)10-13(2)19(18)22-20/h3-4,6-11,16-17,20,22H,5H2,1-2H3/t16-,17+,20-/m0/s1. The number of allylic oxidation sites excluding steroid dienone is 2. The van der Waals surface area contributed by atoms with Gasteiger partial charge in [-0.3, -0.25) is 0 Å². The van der Waals surface area contributed by atoms with E-state index < -0.39 is 0 Å². The van der Waals surface area contributed by atoms with Crippen LogP contribution in [0.4, 0.5) is 5.69 Å². The van der Waals surface area contributed by atoms with Crippen LogP contribution in [0.3, 0.4) is 0 Å². The second-order valence-corrected chi connectivity index (χ2v) is 7.01. The minimum atomic E-state index is 0.368. The summed E-state index contributed by atoms with van der Waals surface area (Å²) in [6.45, 7) is 4.28. The first kappa shape index (κ1) is 13.9. The molecule has 0 saturated heterocycles. The number of rotatable bonds is 1. The lowest BCUT2D eigenvalue weighted by Crippen LogP contribution is -2.29. The van der Waals surface area contributed by atoms with Crippen molar-refractivity contribution in [3.05, 3.63) is 75.8 Å². The molecule has 2 aromatic carbocycles. The predicted molar refractivity (Wildman–Crippen MR) is 93.7 cm³/mol. The molecule has 1 N–H and O–H groups in total. The van der Waals surface area contributed by atoms with Gasteiger partial charge in [-0.2, -0.15) is 0 Å². The van der Waals surface area contributed by atoms with E-state index in [1.165, 1.54) is 27.9 Å². The van der Waals surface area contributed by atoms with Gasteiger partial charge in [-0.15, -0.1) is 0 Å². The maximum absolute atomic E-state index is 6.29. The van der Waals surface area contributed by atoms with Gasteiger partial charge in [-0.25, -0.2) is 0 Å². The van der Waals surface area contributed by atoms with Gasteiger partial charge in [0.05, 0.1) is 6.04 Å². The number of halogens is 1. The molecule has 0 radical (unpaired) electrons. The zero-order chi connectivity index (χ0) is 15.3. The van der Waals surface area contributed by atoms with Gasteiger partial charge in [0.25, 0.3) is 0 Å². The Balaban J connectivity index is 1.82. The number of aryl methyl sites for hydroxylation is 2. The molecule has 22 heavy (non-hydrogen) atoms. The number of nitrogens with one attached hydrogen (secondary N) is 1. The molecule has 3 atom stereocenters. The Morgan fingerprint density at radius 1 is 1.09 bits per heavy atom. The van der Waals surface area contributed by atoms with Gasteiger partial charge >= 0.3 is 0 Å². The third-order valence-corrected chi connectivity index (χ3v) is 5.29. The van der Waals surface area contributed by atoms with Gasteiger partial charge in [0, 0.05) is 16.6 Å². The molecule has 2 aromatic rings. The summed E-state index contributed by atoms with van der Waals surface area (Å²) in [5.74, 6) is 1.05. The van der Waals surface area contributed by atoms with Gasteiger partial charge < -0.3 is 5.32 Å². The van der Waals surface area contributed by atoms with Crippen molar-refractivity contribution in [3.63, 3.8) is 0 Å². The van der Waals surface area contributed by atoms with Crippen LogP contribution in [0.1, 0.15) is 40.6 Å². The molecule has 1 aliphatic carbocycles. The Hall–Kier alpha value is -1.73. The number of benzene rings is 2. The van der Waals surface area contributed by atoms with Crippen molar-refractivity contribution in [1.82, 2.24) is 0 Å². The average Bonchev–Trinajstić information content (AvgIpc) is 2.97. The smallest absolute Gasteiger partial charge is 0.0554 e. The van der Waals surface area contributed by atoms with Crippen LogP contribution in [-0.4, -0.2) is 0 Å². The maximum Gasteiger partial charge on any atom is 0.0554 e. The van der Waals surface area contributed by atoms with E-state index in [0.29, 0.717) is 17.9 Å². The first-order valence-electron chi connectivity index (χ1n) is 7.93.